The second-order valence-corrected chi connectivity index (χ2v) is 9.20. The Balaban J connectivity index is 1.71. The van der Waals surface area contributed by atoms with Crippen molar-refractivity contribution in [3.8, 4) is 11.5 Å². The number of benzene rings is 2. The molecule has 2 aromatic carbocycles. The Morgan fingerprint density at radius 1 is 1.23 bits per heavy atom. The molecule has 1 amide bonds. The molecule has 2 aliphatic rings. The molecule has 4 rings (SSSR count). The number of nitrogens with one attached hydrogen (secondary N) is 1. The summed E-state index contributed by atoms with van der Waals surface area (Å²) in [5, 5.41) is 2.84. The quantitative estimate of drug-likeness (QED) is 0.529. The van der Waals surface area contributed by atoms with Crippen molar-refractivity contribution in [3.63, 3.8) is 0 Å². The Hall–Kier alpha value is -3.39. The molecule has 2 atom stereocenters. The number of hydrogen-bond acceptors (Lipinski definition) is 6. The average Bonchev–Trinajstić information content (AvgIpc) is 2.86. The highest BCUT2D eigenvalue weighted by molar-refractivity contribution is 6.15. The van der Waals surface area contributed by atoms with Crippen LogP contribution in [0.5, 0.6) is 11.5 Å². The molecule has 1 saturated heterocycles. The third-order valence-corrected chi connectivity index (χ3v) is 6.65. The van der Waals surface area contributed by atoms with E-state index >= 15 is 0 Å². The minimum absolute atomic E-state index is 0.199. The minimum atomic E-state index is -0.199. The zero-order valence-electron chi connectivity index (χ0n) is 21.5. The van der Waals surface area contributed by atoms with Gasteiger partial charge in [0.25, 0.3) is 5.91 Å². The van der Waals surface area contributed by atoms with Crippen LogP contribution < -0.4 is 14.8 Å². The van der Waals surface area contributed by atoms with Gasteiger partial charge < -0.3 is 19.3 Å². The number of guanidine groups is 1. The largest absolute Gasteiger partial charge is 0.493 e. The van der Waals surface area contributed by atoms with Crippen LogP contribution in [0, 0.1) is 0 Å². The summed E-state index contributed by atoms with van der Waals surface area (Å²) in [6, 6.07) is 12.0. The summed E-state index contributed by atoms with van der Waals surface area (Å²) in [5.41, 5.74) is 4.78. The number of carbonyl (C=O) groups excluding carboxylic acids is 1. The summed E-state index contributed by atoms with van der Waals surface area (Å²) in [7, 11) is 9.16. The van der Waals surface area contributed by atoms with Crippen molar-refractivity contribution in [1.29, 1.82) is 0 Å². The van der Waals surface area contributed by atoms with E-state index in [4.69, 9.17) is 14.5 Å². The number of hydrogen-bond donors (Lipinski definition) is 1. The number of fused-ring (bicyclic) bond motifs is 3. The molecule has 0 aromatic heterocycles. The van der Waals surface area contributed by atoms with Gasteiger partial charge in [-0.15, -0.1) is 0 Å². The van der Waals surface area contributed by atoms with Gasteiger partial charge in [-0.25, -0.2) is 0 Å². The molecule has 0 aliphatic carbocycles. The van der Waals surface area contributed by atoms with Crippen molar-refractivity contribution >= 4 is 17.6 Å². The molecule has 0 bridgehead atoms. The lowest BCUT2D eigenvalue weighted by Gasteiger charge is -2.39. The van der Waals surface area contributed by atoms with Crippen LogP contribution in [0.3, 0.4) is 0 Å². The van der Waals surface area contributed by atoms with E-state index in [9.17, 15) is 4.79 Å². The number of carbonyl (C=O) groups is 1. The molecule has 1 N–H and O–H groups in total. The fraction of sp³-hybridized carbons (Fsp3) is 0.444. The van der Waals surface area contributed by atoms with Crippen molar-refractivity contribution < 1.29 is 14.3 Å². The van der Waals surface area contributed by atoms with E-state index in [0.29, 0.717) is 29.8 Å². The molecule has 1 fully saturated rings. The molecule has 2 aliphatic heterocycles. The van der Waals surface area contributed by atoms with Gasteiger partial charge in [-0.1, -0.05) is 12.1 Å². The van der Waals surface area contributed by atoms with Crippen LogP contribution in [-0.2, 0) is 0 Å². The number of piperidine rings is 1. The van der Waals surface area contributed by atoms with Crippen molar-refractivity contribution in [2.45, 2.75) is 25.3 Å². The smallest absolute Gasteiger partial charge is 0.257 e. The fourth-order valence-electron chi connectivity index (χ4n) is 4.86. The van der Waals surface area contributed by atoms with Gasteiger partial charge in [0.15, 0.2) is 17.5 Å². The predicted octanol–water partition coefficient (Wildman–Crippen LogP) is 3.01. The summed E-state index contributed by atoms with van der Waals surface area (Å²) in [5.74, 6) is 2.08. The molecule has 35 heavy (non-hydrogen) atoms. The Morgan fingerprint density at radius 3 is 2.60 bits per heavy atom. The van der Waals surface area contributed by atoms with Crippen molar-refractivity contribution in [2.75, 3.05) is 55.0 Å². The maximum atomic E-state index is 12.7. The molecule has 8 nitrogen and oxygen atoms in total. The Labute approximate surface area is 207 Å². The second kappa shape index (κ2) is 10.5. The first kappa shape index (κ1) is 24.7. The summed E-state index contributed by atoms with van der Waals surface area (Å²) < 4.78 is 11.6. The molecule has 186 valence electrons. The van der Waals surface area contributed by atoms with Crippen LogP contribution in [0.15, 0.2) is 46.4 Å². The number of nitrogens with zero attached hydrogens (tertiary/aromatic N) is 4. The van der Waals surface area contributed by atoms with Gasteiger partial charge in [0.2, 0.25) is 0 Å². The lowest BCUT2D eigenvalue weighted by atomic mass is 9.79. The van der Waals surface area contributed by atoms with E-state index in [0.717, 1.165) is 42.1 Å². The van der Waals surface area contributed by atoms with Gasteiger partial charge in [0.1, 0.15) is 0 Å². The predicted molar refractivity (Wildman–Crippen MR) is 139 cm³/mol. The van der Waals surface area contributed by atoms with Gasteiger partial charge in [-0.3, -0.25) is 20.1 Å². The van der Waals surface area contributed by atoms with Crippen LogP contribution in [0.1, 0.15) is 46.3 Å². The van der Waals surface area contributed by atoms with Gasteiger partial charge >= 0.3 is 0 Å². The third-order valence-electron chi connectivity index (χ3n) is 6.65. The number of likely N-dealkylation sites (tertiary alicyclic amines) is 1. The number of aliphatic imine (C=N–C) groups is 2. The van der Waals surface area contributed by atoms with Crippen LogP contribution in [-0.4, -0.2) is 88.4 Å². The van der Waals surface area contributed by atoms with Gasteiger partial charge in [-0.2, -0.15) is 0 Å². The van der Waals surface area contributed by atoms with Crippen LogP contribution in [0.2, 0.25) is 0 Å². The Bertz CT molecular complexity index is 1140. The van der Waals surface area contributed by atoms with Gasteiger partial charge in [0.05, 0.1) is 25.5 Å². The van der Waals surface area contributed by atoms with Crippen molar-refractivity contribution in [2.24, 2.45) is 9.98 Å². The fourth-order valence-corrected chi connectivity index (χ4v) is 4.86. The summed E-state index contributed by atoms with van der Waals surface area (Å²) in [6.07, 6.45) is 1.00. The first-order valence-corrected chi connectivity index (χ1v) is 12.0. The highest BCUT2D eigenvalue weighted by Gasteiger charge is 2.36. The highest BCUT2D eigenvalue weighted by Crippen LogP contribution is 2.42. The number of rotatable bonds is 5. The van der Waals surface area contributed by atoms with E-state index in [1.807, 2.05) is 51.4 Å². The molecule has 2 aromatic rings. The molecular formula is C27H35N5O3. The van der Waals surface area contributed by atoms with Crippen LogP contribution in [0.25, 0.3) is 0 Å². The monoisotopic (exact) mass is 477 g/mol. The highest BCUT2D eigenvalue weighted by atomic mass is 16.5. The normalized spacial score (nSPS) is 19.8. The first-order valence-electron chi connectivity index (χ1n) is 12.0. The minimum Gasteiger partial charge on any atom is -0.493 e. The summed E-state index contributed by atoms with van der Waals surface area (Å²) in [6.45, 7) is 4.53. The van der Waals surface area contributed by atoms with E-state index in [1.165, 1.54) is 5.56 Å². The Morgan fingerprint density at radius 2 is 1.97 bits per heavy atom. The molecular weight excluding hydrogens is 442 g/mol. The third kappa shape index (κ3) is 5.03. The molecule has 0 radical (unpaired) electrons. The topological polar surface area (TPSA) is 78.8 Å². The zero-order chi connectivity index (χ0) is 25.1. The zero-order valence-corrected chi connectivity index (χ0v) is 21.5. The summed E-state index contributed by atoms with van der Waals surface area (Å²) in [4.78, 5) is 26.2. The first-order chi connectivity index (χ1) is 16.9. The molecule has 8 heteroatoms. The van der Waals surface area contributed by atoms with Gasteiger partial charge in [-0.05, 0) is 56.8 Å². The van der Waals surface area contributed by atoms with Crippen LogP contribution in [0.4, 0.5) is 0 Å². The van der Waals surface area contributed by atoms with E-state index in [1.54, 1.807) is 19.1 Å². The maximum Gasteiger partial charge on any atom is 0.257 e. The molecule has 0 spiro atoms. The van der Waals surface area contributed by atoms with E-state index in [-0.39, 0.29) is 11.9 Å². The number of methoxy groups -OCH3 is 1. The van der Waals surface area contributed by atoms with Gasteiger partial charge in [0, 0.05) is 50.3 Å². The lowest BCUT2D eigenvalue weighted by Crippen LogP contribution is -2.42. The van der Waals surface area contributed by atoms with Crippen LogP contribution >= 0.6 is 0 Å². The van der Waals surface area contributed by atoms with Crippen molar-refractivity contribution in [3.05, 3.63) is 58.7 Å². The average molecular weight is 478 g/mol. The lowest BCUT2D eigenvalue weighted by molar-refractivity contribution is 0.0973. The number of amides is 1. The van der Waals surface area contributed by atoms with Crippen molar-refractivity contribution in [1.82, 2.24) is 15.1 Å². The second-order valence-electron chi connectivity index (χ2n) is 9.20. The van der Waals surface area contributed by atoms with E-state index in [2.05, 4.69) is 28.3 Å². The standard InChI is InChI=1S/C27H35N5O3/c1-7-35-24-14-19-20(15-23(24)34-6)25(29-22-12-13-32(5)16-21(19)22)17-8-10-18(11-9-17)26(33)30-27(28-2)31(3)4/h8-11,14-15,21-22H,7,12-13,16H2,1-6H3,(H,28,30,33). The number of likely N-dealkylation sites (N-methyl/N-ethyl adjacent to an activating group) is 1. The SMILES string of the molecule is CCOc1cc2c(cc1OC)C(c1ccc(C(=O)NC(=NC)N(C)C)cc1)=NC1CCN(C)CC21. The molecule has 0 saturated carbocycles. The summed E-state index contributed by atoms with van der Waals surface area (Å²) >= 11 is 0. The van der Waals surface area contributed by atoms with E-state index < -0.39 is 0 Å². The maximum absolute atomic E-state index is 12.7. The molecule has 2 heterocycles. The molecule has 2 unspecified atom stereocenters. The number of ether oxygens (including phenoxy) is 2. The Kier molecular flexibility index (Phi) is 7.40.